The average molecular weight is 577 g/mol. The minimum Gasteiger partial charge on any atom is -0.464 e. The number of rotatable bonds is 6. The molecule has 0 bridgehead atoms. The van der Waals surface area contributed by atoms with Gasteiger partial charge >= 0.3 is 0 Å². The van der Waals surface area contributed by atoms with E-state index in [1.807, 2.05) is 35.7 Å². The molecule has 3 aromatic heterocycles. The van der Waals surface area contributed by atoms with Gasteiger partial charge in [-0.3, -0.25) is 14.2 Å². The van der Waals surface area contributed by atoms with Crippen molar-refractivity contribution in [3.8, 4) is 17.0 Å². The summed E-state index contributed by atoms with van der Waals surface area (Å²) < 4.78 is 7.05. The van der Waals surface area contributed by atoms with Crippen LogP contribution >= 0.6 is 57.9 Å². The standard InChI is InChI=1S/C25H16Cl3N3O3S2/c1-13(22(32)29-21-17(27)10-14(26)11-18(21)28)36-25-30-23-20(16(12-35-23)19-8-5-9-34-19)24(33)31(25)15-6-3-2-4-7-15/h2-13H,1H3,(H,29,32)/t13-/m1/s1. The van der Waals surface area contributed by atoms with Crippen LogP contribution < -0.4 is 10.9 Å². The summed E-state index contributed by atoms with van der Waals surface area (Å²) in [6, 6.07) is 15.7. The van der Waals surface area contributed by atoms with Crippen molar-refractivity contribution < 1.29 is 9.21 Å². The van der Waals surface area contributed by atoms with Crippen LogP contribution in [0.3, 0.4) is 0 Å². The number of fused-ring (bicyclic) bond motifs is 1. The lowest BCUT2D eigenvalue weighted by atomic mass is 10.2. The molecule has 0 saturated heterocycles. The van der Waals surface area contributed by atoms with Gasteiger partial charge in [0.2, 0.25) is 5.91 Å². The summed E-state index contributed by atoms with van der Waals surface area (Å²) in [6.45, 7) is 1.71. The van der Waals surface area contributed by atoms with Gasteiger partial charge in [0.15, 0.2) is 5.16 Å². The summed E-state index contributed by atoms with van der Waals surface area (Å²) in [4.78, 5) is 32.2. The van der Waals surface area contributed by atoms with Gasteiger partial charge in [0.05, 0.1) is 38.3 Å². The zero-order valence-corrected chi connectivity index (χ0v) is 22.4. The molecule has 0 aliphatic heterocycles. The predicted molar refractivity (Wildman–Crippen MR) is 148 cm³/mol. The van der Waals surface area contributed by atoms with Crippen LogP contribution in [0, 0.1) is 0 Å². The molecule has 0 radical (unpaired) electrons. The van der Waals surface area contributed by atoms with Crippen molar-refractivity contribution in [2.24, 2.45) is 0 Å². The van der Waals surface area contributed by atoms with Crippen LogP contribution in [-0.2, 0) is 4.79 Å². The third-order valence-corrected chi connectivity index (χ3v) is 8.02. The minimum absolute atomic E-state index is 0.225. The SMILES string of the molecule is C[C@@H](Sc1nc2scc(-c3ccco3)c2c(=O)n1-c1ccccc1)C(=O)Nc1c(Cl)cc(Cl)cc1Cl. The second kappa shape index (κ2) is 10.3. The number of benzene rings is 2. The van der Waals surface area contributed by atoms with Crippen LogP contribution in [0.2, 0.25) is 15.1 Å². The van der Waals surface area contributed by atoms with Gasteiger partial charge in [-0.05, 0) is 43.3 Å². The lowest BCUT2D eigenvalue weighted by Crippen LogP contribution is -2.26. The highest BCUT2D eigenvalue weighted by Crippen LogP contribution is 2.36. The van der Waals surface area contributed by atoms with E-state index in [4.69, 9.17) is 44.2 Å². The van der Waals surface area contributed by atoms with E-state index in [1.165, 1.54) is 28.0 Å². The number of thiophene rings is 1. The first-order valence-corrected chi connectivity index (χ1v) is 13.5. The van der Waals surface area contributed by atoms with E-state index in [2.05, 4.69) is 5.32 Å². The van der Waals surface area contributed by atoms with Gasteiger partial charge < -0.3 is 9.73 Å². The number of carbonyl (C=O) groups excluding carboxylic acids is 1. The maximum absolute atomic E-state index is 13.8. The molecule has 0 fully saturated rings. The van der Waals surface area contributed by atoms with E-state index in [1.54, 1.807) is 25.3 Å². The molecule has 0 aliphatic rings. The van der Waals surface area contributed by atoms with Gasteiger partial charge in [-0.15, -0.1) is 11.3 Å². The highest BCUT2D eigenvalue weighted by Gasteiger charge is 2.24. The van der Waals surface area contributed by atoms with Crippen LogP contribution in [0.15, 0.2) is 80.6 Å². The van der Waals surface area contributed by atoms with Gasteiger partial charge in [0, 0.05) is 16.0 Å². The summed E-state index contributed by atoms with van der Waals surface area (Å²) in [7, 11) is 0. The van der Waals surface area contributed by atoms with Crippen molar-refractivity contribution in [3.05, 3.63) is 91.7 Å². The molecule has 5 aromatic rings. The Morgan fingerprint density at radius 1 is 1.11 bits per heavy atom. The molecule has 5 rings (SSSR count). The monoisotopic (exact) mass is 575 g/mol. The molecule has 0 spiro atoms. The maximum atomic E-state index is 13.8. The van der Waals surface area contributed by atoms with Crippen molar-refractivity contribution in [1.82, 2.24) is 9.55 Å². The van der Waals surface area contributed by atoms with Crippen molar-refractivity contribution >= 4 is 79.7 Å². The van der Waals surface area contributed by atoms with E-state index in [9.17, 15) is 9.59 Å². The Kier molecular flexibility index (Phi) is 7.14. The smallest absolute Gasteiger partial charge is 0.268 e. The number of halogens is 3. The predicted octanol–water partition coefficient (Wildman–Crippen LogP) is 7.79. The summed E-state index contributed by atoms with van der Waals surface area (Å²) in [5, 5.41) is 5.61. The largest absolute Gasteiger partial charge is 0.464 e. The minimum atomic E-state index is -0.642. The molecule has 3 heterocycles. The Bertz CT molecular complexity index is 1610. The number of carbonyl (C=O) groups is 1. The van der Waals surface area contributed by atoms with Gasteiger partial charge in [-0.1, -0.05) is 64.8 Å². The third kappa shape index (κ3) is 4.79. The first-order chi connectivity index (χ1) is 17.3. The fraction of sp³-hybridized carbons (Fsp3) is 0.0800. The highest BCUT2D eigenvalue weighted by molar-refractivity contribution is 8.00. The van der Waals surface area contributed by atoms with Crippen molar-refractivity contribution in [3.63, 3.8) is 0 Å². The molecule has 11 heteroatoms. The molecule has 1 amide bonds. The molecule has 2 aromatic carbocycles. The normalized spacial score (nSPS) is 12.1. The lowest BCUT2D eigenvalue weighted by Gasteiger charge is -2.17. The number of hydrogen-bond donors (Lipinski definition) is 1. The third-order valence-electron chi connectivity index (χ3n) is 5.28. The van der Waals surface area contributed by atoms with E-state index < -0.39 is 5.25 Å². The number of amides is 1. The number of para-hydroxylation sites is 1. The number of thioether (sulfide) groups is 1. The second-order valence-electron chi connectivity index (χ2n) is 7.67. The van der Waals surface area contributed by atoms with E-state index in [0.717, 1.165) is 11.8 Å². The van der Waals surface area contributed by atoms with Crippen molar-refractivity contribution in [2.75, 3.05) is 5.32 Å². The Morgan fingerprint density at radius 2 is 1.83 bits per heavy atom. The summed E-state index contributed by atoms with van der Waals surface area (Å²) in [5.74, 6) is 0.229. The second-order valence-corrected chi connectivity index (χ2v) is 11.1. The van der Waals surface area contributed by atoms with Gasteiger partial charge in [-0.25, -0.2) is 4.98 Å². The number of aromatic nitrogens is 2. The van der Waals surface area contributed by atoms with Crippen LogP contribution in [0.4, 0.5) is 5.69 Å². The Labute approximate surface area is 228 Å². The highest BCUT2D eigenvalue weighted by atomic mass is 35.5. The fourth-order valence-electron chi connectivity index (χ4n) is 3.57. The topological polar surface area (TPSA) is 77.1 Å². The lowest BCUT2D eigenvalue weighted by molar-refractivity contribution is -0.115. The average Bonchev–Trinajstić information content (AvgIpc) is 3.52. The molecule has 0 aliphatic carbocycles. The van der Waals surface area contributed by atoms with Gasteiger partial charge in [-0.2, -0.15) is 0 Å². The Balaban J connectivity index is 1.55. The molecule has 0 unspecified atom stereocenters. The van der Waals surface area contributed by atoms with E-state index >= 15 is 0 Å². The molecule has 182 valence electrons. The summed E-state index contributed by atoms with van der Waals surface area (Å²) in [5.41, 5.74) is 1.33. The molecule has 1 atom stereocenters. The van der Waals surface area contributed by atoms with Crippen LogP contribution in [0.5, 0.6) is 0 Å². The Morgan fingerprint density at radius 3 is 2.50 bits per heavy atom. The first-order valence-electron chi connectivity index (χ1n) is 10.6. The van der Waals surface area contributed by atoms with Crippen molar-refractivity contribution in [1.29, 1.82) is 0 Å². The number of anilines is 1. The van der Waals surface area contributed by atoms with E-state index in [0.29, 0.717) is 37.4 Å². The molecular formula is C25H16Cl3N3O3S2. The summed E-state index contributed by atoms with van der Waals surface area (Å²) in [6.07, 6.45) is 1.56. The zero-order valence-electron chi connectivity index (χ0n) is 18.5. The van der Waals surface area contributed by atoms with Gasteiger partial charge in [0.25, 0.3) is 5.56 Å². The Hall–Kier alpha value is -2.75. The molecule has 0 saturated carbocycles. The van der Waals surface area contributed by atoms with Gasteiger partial charge in [0.1, 0.15) is 10.6 Å². The number of nitrogens with zero attached hydrogens (tertiary/aromatic N) is 2. The maximum Gasteiger partial charge on any atom is 0.268 e. The first kappa shape index (κ1) is 24.9. The van der Waals surface area contributed by atoms with Crippen LogP contribution in [0.1, 0.15) is 6.92 Å². The molecule has 36 heavy (non-hydrogen) atoms. The molecular weight excluding hydrogens is 561 g/mol. The number of hydrogen-bond acceptors (Lipinski definition) is 6. The van der Waals surface area contributed by atoms with Crippen LogP contribution in [-0.4, -0.2) is 20.7 Å². The van der Waals surface area contributed by atoms with Crippen LogP contribution in [0.25, 0.3) is 27.2 Å². The summed E-state index contributed by atoms with van der Waals surface area (Å²) >= 11 is 20.9. The fourth-order valence-corrected chi connectivity index (χ4v) is 6.37. The van der Waals surface area contributed by atoms with Crippen molar-refractivity contribution in [2.45, 2.75) is 17.3 Å². The zero-order chi connectivity index (χ0) is 25.4. The number of furan rings is 1. The molecule has 6 nitrogen and oxygen atoms in total. The molecule has 1 N–H and O–H groups in total. The quantitative estimate of drug-likeness (QED) is 0.165. The van der Waals surface area contributed by atoms with E-state index in [-0.39, 0.29) is 27.2 Å². The number of nitrogens with one attached hydrogen (secondary N) is 1.